The Morgan fingerprint density at radius 2 is 1.50 bits per heavy atom. The second kappa shape index (κ2) is 6.41. The molecule has 0 radical (unpaired) electrons. The van der Waals surface area contributed by atoms with Gasteiger partial charge in [-0.25, -0.2) is 0 Å². The third-order valence-electron chi connectivity index (χ3n) is 13.3. The van der Waals surface area contributed by atoms with Crippen molar-refractivity contribution in [3.05, 3.63) is 11.6 Å². The molecule has 5 aliphatic carbocycles. The smallest absolute Gasteiger partial charge is 0.0198 e. The minimum atomic E-state index is 0.543. The molecule has 0 aromatic heterocycles. The van der Waals surface area contributed by atoms with Crippen molar-refractivity contribution in [3.63, 3.8) is 0 Å². The van der Waals surface area contributed by atoms with E-state index in [9.17, 15) is 0 Å². The fraction of sp³-hybridized carbons (Fsp3) is 0.933. The Morgan fingerprint density at radius 1 is 0.767 bits per heavy atom. The van der Waals surface area contributed by atoms with E-state index >= 15 is 0 Å². The molecule has 0 spiro atoms. The predicted molar refractivity (Wildman–Crippen MR) is 129 cm³/mol. The van der Waals surface area contributed by atoms with Crippen LogP contribution in [0.2, 0.25) is 0 Å². The zero-order valence-corrected chi connectivity index (χ0v) is 21.5. The molecule has 0 N–H and O–H groups in total. The van der Waals surface area contributed by atoms with Gasteiger partial charge in [-0.3, -0.25) is 0 Å². The fourth-order valence-corrected chi connectivity index (χ4v) is 11.4. The number of allylic oxidation sites excluding steroid dienone is 2. The first-order chi connectivity index (χ1) is 13.9. The lowest BCUT2D eigenvalue weighted by Crippen LogP contribution is -2.66. The minimum Gasteiger partial charge on any atom is -0.0848 e. The van der Waals surface area contributed by atoms with Crippen LogP contribution >= 0.6 is 0 Å². The van der Waals surface area contributed by atoms with Crippen LogP contribution in [0.4, 0.5) is 0 Å². The van der Waals surface area contributed by atoms with Crippen LogP contribution in [0.25, 0.3) is 0 Å². The summed E-state index contributed by atoms with van der Waals surface area (Å²) in [5.74, 6) is 4.53. The minimum absolute atomic E-state index is 0.543. The van der Waals surface area contributed by atoms with Crippen molar-refractivity contribution in [2.24, 2.45) is 56.7 Å². The monoisotopic (exact) mass is 410 g/mol. The largest absolute Gasteiger partial charge is 0.0848 e. The summed E-state index contributed by atoms with van der Waals surface area (Å²) in [5.41, 5.74) is 4.47. The molecule has 5 rings (SSSR count). The van der Waals surface area contributed by atoms with Crippen molar-refractivity contribution in [1.82, 2.24) is 0 Å². The number of hydrogen-bond donors (Lipinski definition) is 0. The fourth-order valence-electron chi connectivity index (χ4n) is 11.4. The maximum absolute atomic E-state index is 2.80. The lowest BCUT2D eigenvalue weighted by Gasteiger charge is -2.73. The summed E-state index contributed by atoms with van der Waals surface area (Å²) in [5, 5.41) is 0. The summed E-state index contributed by atoms with van der Waals surface area (Å²) in [6, 6.07) is 0. The molecule has 5 aliphatic rings. The van der Waals surface area contributed by atoms with Crippen molar-refractivity contribution < 1.29 is 0 Å². The Morgan fingerprint density at radius 3 is 2.23 bits per heavy atom. The van der Waals surface area contributed by atoms with Crippen LogP contribution in [0.15, 0.2) is 11.6 Å². The Kier molecular flexibility index (Phi) is 4.61. The third kappa shape index (κ3) is 2.52. The Bertz CT molecular complexity index is 743. The lowest BCUT2D eigenvalue weighted by molar-refractivity contribution is -0.240. The number of rotatable bonds is 0. The van der Waals surface area contributed by atoms with Crippen LogP contribution < -0.4 is 0 Å². The zero-order chi connectivity index (χ0) is 21.7. The average Bonchev–Trinajstić information content (AvgIpc) is 2.65. The van der Waals surface area contributed by atoms with Gasteiger partial charge in [0.05, 0.1) is 0 Å². The van der Waals surface area contributed by atoms with Crippen molar-refractivity contribution in [2.75, 3.05) is 0 Å². The molecular weight excluding hydrogens is 360 g/mol. The second-order valence-electron chi connectivity index (χ2n) is 14.6. The molecule has 0 saturated heterocycles. The maximum atomic E-state index is 2.80. The summed E-state index contributed by atoms with van der Waals surface area (Å²) in [7, 11) is 0. The predicted octanol–water partition coefficient (Wildman–Crippen LogP) is 9.05. The van der Waals surface area contributed by atoms with E-state index in [1.807, 2.05) is 0 Å². The lowest BCUT2D eigenvalue weighted by atomic mass is 9.31. The molecule has 0 bridgehead atoms. The summed E-state index contributed by atoms with van der Waals surface area (Å²) < 4.78 is 0. The van der Waals surface area contributed by atoms with Crippen LogP contribution in [0.3, 0.4) is 0 Å². The zero-order valence-electron chi connectivity index (χ0n) is 21.5. The van der Waals surface area contributed by atoms with Crippen molar-refractivity contribution in [1.29, 1.82) is 0 Å². The molecule has 0 aliphatic heterocycles. The van der Waals surface area contributed by atoms with E-state index < -0.39 is 0 Å². The molecule has 4 saturated carbocycles. The van der Waals surface area contributed by atoms with E-state index in [2.05, 4.69) is 61.5 Å². The molecule has 0 amide bonds. The van der Waals surface area contributed by atoms with Gasteiger partial charge in [-0.05, 0) is 121 Å². The van der Waals surface area contributed by atoms with E-state index in [4.69, 9.17) is 0 Å². The van der Waals surface area contributed by atoms with Gasteiger partial charge < -0.3 is 0 Å². The van der Waals surface area contributed by atoms with E-state index in [-0.39, 0.29) is 0 Å². The first kappa shape index (κ1) is 21.6. The first-order valence-electron chi connectivity index (χ1n) is 13.6. The second-order valence-corrected chi connectivity index (χ2v) is 14.6. The van der Waals surface area contributed by atoms with Gasteiger partial charge in [0.25, 0.3) is 0 Å². The molecule has 0 aromatic carbocycles. The van der Waals surface area contributed by atoms with Gasteiger partial charge in [-0.2, -0.15) is 0 Å². The van der Waals surface area contributed by atoms with E-state index in [0.717, 1.165) is 29.6 Å². The first-order valence-corrected chi connectivity index (χ1v) is 13.6. The van der Waals surface area contributed by atoms with Crippen LogP contribution in [0.5, 0.6) is 0 Å². The molecule has 4 fully saturated rings. The molecule has 0 heterocycles. The molecule has 0 unspecified atom stereocenters. The normalized spacial score (nSPS) is 57.3. The van der Waals surface area contributed by atoms with Crippen LogP contribution in [-0.2, 0) is 0 Å². The Labute approximate surface area is 188 Å². The third-order valence-corrected chi connectivity index (χ3v) is 13.3. The van der Waals surface area contributed by atoms with Crippen molar-refractivity contribution in [2.45, 2.75) is 120 Å². The summed E-state index contributed by atoms with van der Waals surface area (Å²) in [6.45, 7) is 21.2. The molecule has 9 atom stereocenters. The van der Waals surface area contributed by atoms with Gasteiger partial charge >= 0.3 is 0 Å². The Hall–Kier alpha value is -0.260. The van der Waals surface area contributed by atoms with E-state index in [0.29, 0.717) is 27.1 Å². The van der Waals surface area contributed by atoms with E-state index in [1.165, 1.54) is 64.2 Å². The average molecular weight is 411 g/mol. The number of hydrogen-bond acceptors (Lipinski definition) is 0. The molecule has 0 heteroatoms. The van der Waals surface area contributed by atoms with Gasteiger partial charge in [0.15, 0.2) is 0 Å². The highest BCUT2D eigenvalue weighted by atomic mass is 14.7. The summed E-state index contributed by atoms with van der Waals surface area (Å²) in [4.78, 5) is 0. The molecule has 30 heavy (non-hydrogen) atoms. The highest BCUT2D eigenvalue weighted by Crippen LogP contribution is 2.76. The van der Waals surface area contributed by atoms with Crippen molar-refractivity contribution in [3.8, 4) is 0 Å². The van der Waals surface area contributed by atoms with Crippen LogP contribution in [0.1, 0.15) is 120 Å². The van der Waals surface area contributed by atoms with Gasteiger partial charge in [0.2, 0.25) is 0 Å². The summed E-state index contributed by atoms with van der Waals surface area (Å²) in [6.07, 6.45) is 17.3. The number of fused-ring (bicyclic) bond motifs is 7. The van der Waals surface area contributed by atoms with Crippen LogP contribution in [0, 0.1) is 56.7 Å². The molecule has 170 valence electrons. The van der Waals surface area contributed by atoms with Gasteiger partial charge in [-0.15, -0.1) is 0 Å². The quantitative estimate of drug-likeness (QED) is 0.349. The highest BCUT2D eigenvalue weighted by molar-refractivity contribution is 5.22. The van der Waals surface area contributed by atoms with Gasteiger partial charge in [-0.1, -0.05) is 66.5 Å². The highest BCUT2D eigenvalue weighted by Gasteiger charge is 2.68. The van der Waals surface area contributed by atoms with Gasteiger partial charge in [0, 0.05) is 0 Å². The topological polar surface area (TPSA) is 0 Å². The van der Waals surface area contributed by atoms with E-state index in [1.54, 1.807) is 5.57 Å². The standard InChI is InChI=1S/C30H50/c1-20-12-16-27(5)18-19-29(7)22(25(27)21(20)2)10-11-24-28(6)15-9-14-26(3,4)23(28)13-17-30(24,29)8/h12,21-25H,9-11,13-19H2,1-8H3/t21-,22-,23-,24-,25-,27-,28+,29-,30-/m1/s1. The Balaban J connectivity index is 1.55. The molecular formula is C30H50. The summed E-state index contributed by atoms with van der Waals surface area (Å²) >= 11 is 0. The molecule has 0 nitrogen and oxygen atoms in total. The SMILES string of the molecule is CC1=CC[C@]2(C)CC[C@]3(C)[C@H](CC[C@@H]4[C@@]5(C)CCCC(C)(C)[C@H]5CC[C@]43C)[C@H]2[C@@H]1C. The van der Waals surface area contributed by atoms with Crippen molar-refractivity contribution >= 4 is 0 Å². The maximum Gasteiger partial charge on any atom is -0.0198 e. The molecule has 0 aromatic rings. The van der Waals surface area contributed by atoms with Crippen LogP contribution in [-0.4, -0.2) is 0 Å². The van der Waals surface area contributed by atoms with Gasteiger partial charge in [0.1, 0.15) is 0 Å².